The van der Waals surface area contributed by atoms with Crippen LogP contribution >= 0.6 is 0 Å². The molecule has 12 aliphatic rings. The van der Waals surface area contributed by atoms with Gasteiger partial charge in [-0.2, -0.15) is 0 Å². The lowest BCUT2D eigenvalue weighted by Gasteiger charge is -2.49. The lowest BCUT2D eigenvalue weighted by molar-refractivity contribution is -0.0315. The summed E-state index contributed by atoms with van der Waals surface area (Å²) in [5, 5.41) is 0. The zero-order valence-electron chi connectivity index (χ0n) is 69.3. The van der Waals surface area contributed by atoms with Gasteiger partial charge in [0.2, 0.25) is 23.5 Å². The maximum Gasteiger partial charge on any atom is 0.257 e. The number of carbonyl (C=O) groups is 4. The molecule has 4 aliphatic carbocycles. The minimum absolute atomic E-state index is 0.0170. The molecule has 125 heavy (non-hydrogen) atoms. The van der Waals surface area contributed by atoms with Gasteiger partial charge in [0.15, 0.2) is 29.1 Å². The number of aromatic nitrogens is 12. The van der Waals surface area contributed by atoms with Crippen LogP contribution in [0.15, 0.2) is 214 Å². The molecule has 12 unspecified atom stereocenters. The van der Waals surface area contributed by atoms with E-state index in [0.717, 1.165) is 112 Å². The fourth-order valence-electron chi connectivity index (χ4n) is 18.7. The molecule has 12 atom stereocenters. The van der Waals surface area contributed by atoms with Gasteiger partial charge in [0, 0.05) is 129 Å². The summed E-state index contributed by atoms with van der Waals surface area (Å²) in [5.74, 6) is 0.990. The lowest BCUT2D eigenvalue weighted by atomic mass is 9.77. The van der Waals surface area contributed by atoms with Gasteiger partial charge in [0.25, 0.3) is 23.6 Å². The quantitative estimate of drug-likeness (QED) is 0.0813. The Bertz CT molecular complexity index is 5800. The van der Waals surface area contributed by atoms with Crippen LogP contribution in [-0.4, -0.2) is 178 Å². The van der Waals surface area contributed by atoms with E-state index >= 15 is 0 Å². The molecule has 29 heteroatoms. The van der Waals surface area contributed by atoms with Crippen molar-refractivity contribution in [2.75, 3.05) is 26.2 Å². The number of carbonyl (C=O) groups excluding carboxylic acids is 4. The molecule has 0 spiro atoms. The van der Waals surface area contributed by atoms with Crippen LogP contribution in [0.3, 0.4) is 0 Å². The number of benzene rings is 4. The van der Waals surface area contributed by atoms with E-state index < -0.39 is 29.1 Å². The van der Waals surface area contributed by atoms with Gasteiger partial charge in [-0.15, -0.1) is 0 Å². The van der Waals surface area contributed by atoms with E-state index in [9.17, 15) is 41.1 Å². The first-order valence-corrected chi connectivity index (χ1v) is 42.3. The summed E-state index contributed by atoms with van der Waals surface area (Å²) >= 11 is 0. The monoisotopic (exact) mass is 1690 g/mol. The Hall–Kier alpha value is -13.5. The minimum atomic E-state index is -0.629. The van der Waals surface area contributed by atoms with E-state index in [-0.39, 0.29) is 100 Å². The number of aryl methyl sites for hydroxylation is 4. The fourth-order valence-corrected chi connectivity index (χ4v) is 18.7. The SMILES string of the molecule is Cc1ccc(OC2CC3CCC2N(C(=O)c2c(F)cccc2-c2ncccn2)C3)nc1.Cc1ccc(OC2CC3CCC2N(C(=O)c2cc(F)ccc2-c2ncccn2)C3)nc1.Cc1ccc(OC2CC3CCC2N(C(=O)c2ccc(F)cc2-c2ncccn2)C3)nc1.Cc1ccc(OC2CC3CCC2N(C(=O)c2cccc(F)c2-c2ncc(F)cn2)C3)nc1. The number of halogens is 5. The standard InChI is InChI=1S/C24H22F2N4O2.3C24H23FN4O2/c1-14-5-8-21(27-10-14)32-20-9-15-6-7-19(20)30(13-15)24(31)17-3-2-4-18(26)22(17)23-28-11-16(25)12-29-23;1-15-3-8-22(28-13-15)31-21-11-16-4-7-20(21)29(14-16)24(30)18-6-5-17(25)12-19(18)23-26-9-2-10-27-23;1-15-3-8-22(28-13-15)31-21-11-16-4-7-20(21)29(14-16)24(30)19-12-17(25)5-6-18(19)23-26-9-2-10-27-23;1-15-6-9-21(28-13-15)31-20-12-16-7-8-19(20)29(14-16)24(30)22-17(4-2-5-18(22)25)23-26-10-3-11-27-23/h2-5,8,10-12,15,19-20H,6-7,9,13H2,1H3;2*2-3,5-6,8-10,12-13,16,20-21H,4,7,11,14H2,1H3;2-6,9-11,13,16,19-20H,7-8,12,14H2,1H3. The van der Waals surface area contributed by atoms with E-state index in [1.807, 2.05) is 86.0 Å². The largest absolute Gasteiger partial charge is 0.472 e. The predicted octanol–water partition coefficient (Wildman–Crippen LogP) is 16.4. The van der Waals surface area contributed by atoms with Gasteiger partial charge in [0.05, 0.1) is 64.4 Å². The molecule has 24 nitrogen and oxygen atoms in total. The van der Waals surface area contributed by atoms with Crippen LogP contribution in [0.5, 0.6) is 23.5 Å². The van der Waals surface area contributed by atoms with E-state index in [1.165, 1.54) is 48.5 Å². The molecular weight excluding hydrogens is 1600 g/mol. The van der Waals surface area contributed by atoms with Gasteiger partial charge in [-0.05, 0) is 223 Å². The fraction of sp³-hybridized carbons (Fsp3) is 0.333. The van der Waals surface area contributed by atoms with E-state index in [0.29, 0.717) is 113 Å². The average Bonchev–Trinajstić information content (AvgIpc) is 0.776. The third-order valence-electron chi connectivity index (χ3n) is 24.7. The third-order valence-corrected chi connectivity index (χ3v) is 24.7. The number of hydrogen-bond donors (Lipinski definition) is 0. The van der Waals surface area contributed by atoms with Crippen LogP contribution in [0.25, 0.3) is 45.6 Å². The third kappa shape index (κ3) is 18.9. The van der Waals surface area contributed by atoms with Crippen LogP contribution < -0.4 is 18.9 Å². The Morgan fingerprint density at radius 2 is 0.664 bits per heavy atom. The number of fused-ring (bicyclic) bond motifs is 12. The van der Waals surface area contributed by atoms with E-state index in [2.05, 4.69) is 59.8 Å². The summed E-state index contributed by atoms with van der Waals surface area (Å²) in [7, 11) is 0. The predicted molar refractivity (Wildman–Crippen MR) is 452 cm³/mol. The molecular formula is C96H91F5N16O8. The molecule has 12 aromatic rings. The zero-order chi connectivity index (χ0) is 86.4. The van der Waals surface area contributed by atoms with Crippen LogP contribution in [0.1, 0.15) is 141 Å². The Labute approximate surface area is 719 Å². The number of nitrogens with zero attached hydrogens (tertiary/aromatic N) is 16. The maximum atomic E-state index is 14.9. The maximum absolute atomic E-state index is 14.9. The molecule has 8 aromatic heterocycles. The zero-order valence-corrected chi connectivity index (χ0v) is 69.3. The molecule has 4 amide bonds. The van der Waals surface area contributed by atoms with Crippen molar-refractivity contribution < 1.29 is 60.1 Å². The highest BCUT2D eigenvalue weighted by Gasteiger charge is 2.50. The summed E-state index contributed by atoms with van der Waals surface area (Å²) in [5.41, 5.74) is 6.45. The molecule has 16 heterocycles. The first-order chi connectivity index (χ1) is 60.7. The van der Waals surface area contributed by atoms with Crippen molar-refractivity contribution in [3.63, 3.8) is 0 Å². The highest BCUT2D eigenvalue weighted by molar-refractivity contribution is 6.03. The Balaban J connectivity index is 0.000000118. The smallest absolute Gasteiger partial charge is 0.257 e. The summed E-state index contributed by atoms with van der Waals surface area (Å²) < 4.78 is 95.9. The topological polar surface area (TPSA) is 273 Å². The normalized spacial score (nSPS) is 22.3. The number of piperidine rings is 8. The summed E-state index contributed by atoms with van der Waals surface area (Å²) in [6, 6.07) is 37.2. The number of rotatable bonds is 16. The van der Waals surface area contributed by atoms with Crippen LogP contribution in [0.2, 0.25) is 0 Å². The average molecular weight is 1690 g/mol. The Kier molecular flexibility index (Phi) is 25.0. The van der Waals surface area contributed by atoms with Gasteiger partial charge < -0.3 is 38.5 Å². The molecule has 8 saturated heterocycles. The molecule has 0 radical (unpaired) electrons. The molecule has 638 valence electrons. The molecule has 4 aromatic carbocycles. The van der Waals surface area contributed by atoms with Crippen molar-refractivity contribution in [1.82, 2.24) is 79.4 Å². The van der Waals surface area contributed by atoms with Crippen molar-refractivity contribution in [1.29, 1.82) is 0 Å². The second-order valence-electron chi connectivity index (χ2n) is 33.3. The van der Waals surface area contributed by atoms with Gasteiger partial charge >= 0.3 is 0 Å². The van der Waals surface area contributed by atoms with Crippen molar-refractivity contribution in [3.05, 3.63) is 287 Å². The second kappa shape index (κ2) is 37.3. The molecule has 8 bridgehead atoms. The minimum Gasteiger partial charge on any atom is -0.472 e. The summed E-state index contributed by atoms with van der Waals surface area (Å²) in [6.45, 7) is 10.4. The van der Waals surface area contributed by atoms with Crippen LogP contribution in [0, 0.1) is 80.5 Å². The molecule has 24 rings (SSSR count). The number of amides is 4. The van der Waals surface area contributed by atoms with Crippen LogP contribution in [-0.2, 0) is 0 Å². The highest BCUT2D eigenvalue weighted by atomic mass is 19.1. The van der Waals surface area contributed by atoms with E-state index in [4.69, 9.17) is 18.9 Å². The Morgan fingerprint density at radius 1 is 0.304 bits per heavy atom. The van der Waals surface area contributed by atoms with E-state index in [1.54, 1.807) is 114 Å². The van der Waals surface area contributed by atoms with Gasteiger partial charge in [0.1, 0.15) is 47.7 Å². The molecule has 4 saturated carbocycles. The first kappa shape index (κ1) is 83.8. The molecule has 12 fully saturated rings. The van der Waals surface area contributed by atoms with Crippen molar-refractivity contribution >= 4 is 23.6 Å². The van der Waals surface area contributed by atoms with Crippen molar-refractivity contribution in [3.8, 4) is 69.1 Å². The van der Waals surface area contributed by atoms with Gasteiger partial charge in [-0.3, -0.25) is 19.2 Å². The number of pyridine rings is 4. The van der Waals surface area contributed by atoms with Crippen molar-refractivity contribution in [2.45, 2.75) is 153 Å². The molecule has 8 aliphatic heterocycles. The van der Waals surface area contributed by atoms with Gasteiger partial charge in [-0.25, -0.2) is 81.8 Å². The first-order valence-electron chi connectivity index (χ1n) is 42.3. The number of hydrogen-bond acceptors (Lipinski definition) is 20. The van der Waals surface area contributed by atoms with Crippen LogP contribution in [0.4, 0.5) is 22.0 Å². The highest BCUT2D eigenvalue weighted by Crippen LogP contribution is 2.44. The lowest BCUT2D eigenvalue weighted by Crippen LogP contribution is -2.59. The summed E-state index contributed by atoms with van der Waals surface area (Å²) in [4.78, 5) is 112. The summed E-state index contributed by atoms with van der Waals surface area (Å²) in [6.07, 6.45) is 29.1. The van der Waals surface area contributed by atoms with Crippen molar-refractivity contribution in [2.24, 2.45) is 23.7 Å². The molecule has 0 N–H and O–H groups in total. The Morgan fingerprint density at radius 3 is 1.07 bits per heavy atom. The second-order valence-corrected chi connectivity index (χ2v) is 33.3. The van der Waals surface area contributed by atoms with Gasteiger partial charge in [-0.1, -0.05) is 42.5 Å². The number of ether oxygens (including phenoxy) is 4.